The fourth-order valence-corrected chi connectivity index (χ4v) is 1.64. The molecular formula is C15H32N2O3. The summed E-state index contributed by atoms with van der Waals surface area (Å²) in [6.07, 6.45) is 0.593. The van der Waals surface area contributed by atoms with E-state index in [1.807, 2.05) is 20.8 Å². The lowest BCUT2D eigenvalue weighted by molar-refractivity contribution is 0.0488. The second kappa shape index (κ2) is 9.19. The average Bonchev–Trinajstić information content (AvgIpc) is 2.29. The summed E-state index contributed by atoms with van der Waals surface area (Å²) in [7, 11) is 1.70. The summed E-state index contributed by atoms with van der Waals surface area (Å²) in [5.41, 5.74) is -0.467. The van der Waals surface area contributed by atoms with Gasteiger partial charge in [0.05, 0.1) is 0 Å². The summed E-state index contributed by atoms with van der Waals surface area (Å²) in [4.78, 5) is 11.8. The SMILES string of the molecule is COCCC(C)NCC(NC(=O)OC(C)(C)C)C(C)C. The molecule has 5 nitrogen and oxygen atoms in total. The van der Waals surface area contributed by atoms with Gasteiger partial charge in [0.25, 0.3) is 0 Å². The lowest BCUT2D eigenvalue weighted by Gasteiger charge is -2.27. The number of rotatable bonds is 8. The number of alkyl carbamates (subject to hydrolysis) is 1. The van der Waals surface area contributed by atoms with Gasteiger partial charge in [0, 0.05) is 32.3 Å². The quantitative estimate of drug-likeness (QED) is 0.720. The zero-order valence-electron chi connectivity index (χ0n) is 14.1. The Morgan fingerprint density at radius 2 is 1.80 bits per heavy atom. The van der Waals surface area contributed by atoms with Crippen molar-refractivity contribution in [2.45, 2.75) is 65.6 Å². The summed E-state index contributed by atoms with van der Waals surface area (Å²) < 4.78 is 10.3. The van der Waals surface area contributed by atoms with Crippen LogP contribution in [-0.2, 0) is 9.47 Å². The van der Waals surface area contributed by atoms with Crippen molar-refractivity contribution >= 4 is 6.09 Å². The Morgan fingerprint density at radius 3 is 2.25 bits per heavy atom. The Labute approximate surface area is 123 Å². The predicted octanol–water partition coefficient (Wildman–Crippen LogP) is 2.55. The van der Waals surface area contributed by atoms with Gasteiger partial charge in [-0.25, -0.2) is 4.79 Å². The number of nitrogens with one attached hydrogen (secondary N) is 2. The highest BCUT2D eigenvalue weighted by atomic mass is 16.6. The fraction of sp³-hybridized carbons (Fsp3) is 0.933. The molecule has 0 saturated carbocycles. The van der Waals surface area contributed by atoms with Crippen LogP contribution in [0.25, 0.3) is 0 Å². The molecule has 2 N–H and O–H groups in total. The largest absolute Gasteiger partial charge is 0.444 e. The zero-order valence-corrected chi connectivity index (χ0v) is 14.1. The molecule has 20 heavy (non-hydrogen) atoms. The molecule has 0 fully saturated rings. The first kappa shape index (κ1) is 19.2. The van der Waals surface area contributed by atoms with E-state index in [0.717, 1.165) is 19.6 Å². The van der Waals surface area contributed by atoms with Crippen molar-refractivity contribution in [3.8, 4) is 0 Å². The first-order chi connectivity index (χ1) is 9.15. The fourth-order valence-electron chi connectivity index (χ4n) is 1.64. The first-order valence-electron chi connectivity index (χ1n) is 7.37. The average molecular weight is 288 g/mol. The maximum absolute atomic E-state index is 11.8. The molecule has 0 saturated heterocycles. The monoisotopic (exact) mass is 288 g/mol. The van der Waals surface area contributed by atoms with Crippen LogP contribution in [0.4, 0.5) is 4.79 Å². The summed E-state index contributed by atoms with van der Waals surface area (Å²) in [5.74, 6) is 0.338. The number of methoxy groups -OCH3 is 1. The molecule has 2 atom stereocenters. The van der Waals surface area contributed by atoms with E-state index in [0.29, 0.717) is 12.0 Å². The van der Waals surface area contributed by atoms with Crippen molar-refractivity contribution in [3.63, 3.8) is 0 Å². The van der Waals surface area contributed by atoms with Crippen molar-refractivity contribution in [1.82, 2.24) is 10.6 Å². The Kier molecular flexibility index (Phi) is 8.81. The maximum Gasteiger partial charge on any atom is 0.407 e. The zero-order chi connectivity index (χ0) is 15.8. The molecule has 0 rings (SSSR count). The van der Waals surface area contributed by atoms with Crippen LogP contribution in [-0.4, -0.2) is 44.0 Å². The van der Waals surface area contributed by atoms with Crippen molar-refractivity contribution < 1.29 is 14.3 Å². The molecule has 0 heterocycles. The van der Waals surface area contributed by atoms with Gasteiger partial charge < -0.3 is 20.1 Å². The lowest BCUT2D eigenvalue weighted by Crippen LogP contribution is -2.48. The van der Waals surface area contributed by atoms with Gasteiger partial charge in [0.2, 0.25) is 0 Å². The normalized spacial score (nSPS) is 15.0. The molecule has 0 aromatic heterocycles. The van der Waals surface area contributed by atoms with Crippen LogP contribution in [0.1, 0.15) is 48.0 Å². The van der Waals surface area contributed by atoms with E-state index in [-0.39, 0.29) is 12.1 Å². The molecule has 0 aliphatic rings. The van der Waals surface area contributed by atoms with E-state index >= 15 is 0 Å². The molecule has 0 aromatic rings. The predicted molar refractivity (Wildman–Crippen MR) is 82.0 cm³/mol. The van der Waals surface area contributed by atoms with Gasteiger partial charge in [-0.3, -0.25) is 0 Å². The van der Waals surface area contributed by atoms with Crippen LogP contribution >= 0.6 is 0 Å². The minimum Gasteiger partial charge on any atom is -0.444 e. The molecule has 0 bridgehead atoms. The van der Waals surface area contributed by atoms with Gasteiger partial charge in [-0.05, 0) is 40.0 Å². The van der Waals surface area contributed by atoms with Gasteiger partial charge in [-0.15, -0.1) is 0 Å². The van der Waals surface area contributed by atoms with Crippen molar-refractivity contribution in [2.24, 2.45) is 5.92 Å². The molecule has 0 aromatic carbocycles. The van der Waals surface area contributed by atoms with Crippen molar-refractivity contribution in [1.29, 1.82) is 0 Å². The summed E-state index contributed by atoms with van der Waals surface area (Å²) in [6, 6.07) is 0.409. The first-order valence-corrected chi connectivity index (χ1v) is 7.37. The minimum atomic E-state index is -0.467. The van der Waals surface area contributed by atoms with Crippen LogP contribution in [0.2, 0.25) is 0 Å². The lowest BCUT2D eigenvalue weighted by atomic mass is 10.0. The number of carbonyl (C=O) groups is 1. The second-order valence-electron chi connectivity index (χ2n) is 6.59. The number of hydrogen-bond acceptors (Lipinski definition) is 4. The molecule has 2 unspecified atom stereocenters. The van der Waals surface area contributed by atoms with E-state index in [9.17, 15) is 4.79 Å². The van der Waals surface area contributed by atoms with Crippen LogP contribution in [0.15, 0.2) is 0 Å². The molecule has 120 valence electrons. The smallest absolute Gasteiger partial charge is 0.407 e. The molecule has 0 spiro atoms. The summed E-state index contributed by atoms with van der Waals surface area (Å²) in [5, 5.41) is 6.35. The van der Waals surface area contributed by atoms with Gasteiger partial charge in [-0.2, -0.15) is 0 Å². The van der Waals surface area contributed by atoms with E-state index in [1.165, 1.54) is 0 Å². The molecular weight excluding hydrogens is 256 g/mol. The highest BCUT2D eigenvalue weighted by Gasteiger charge is 2.21. The standard InChI is InChI=1S/C15H32N2O3/c1-11(2)13(10-16-12(3)8-9-19-7)17-14(18)20-15(4,5)6/h11-13,16H,8-10H2,1-7H3,(H,17,18). The highest BCUT2D eigenvalue weighted by Crippen LogP contribution is 2.08. The molecule has 1 amide bonds. The second-order valence-corrected chi connectivity index (χ2v) is 6.59. The van der Waals surface area contributed by atoms with Gasteiger partial charge in [0.15, 0.2) is 0 Å². The topological polar surface area (TPSA) is 59.6 Å². The third-order valence-corrected chi connectivity index (χ3v) is 2.95. The number of carbonyl (C=O) groups excluding carboxylic acids is 1. The number of amides is 1. The van der Waals surface area contributed by atoms with Crippen molar-refractivity contribution in [3.05, 3.63) is 0 Å². The van der Waals surface area contributed by atoms with Gasteiger partial charge >= 0.3 is 6.09 Å². The number of ether oxygens (including phenoxy) is 2. The Hall–Kier alpha value is -0.810. The van der Waals surface area contributed by atoms with Crippen LogP contribution < -0.4 is 10.6 Å². The molecule has 5 heteroatoms. The van der Waals surface area contributed by atoms with E-state index in [4.69, 9.17) is 9.47 Å². The van der Waals surface area contributed by atoms with E-state index in [1.54, 1.807) is 7.11 Å². The molecule has 0 aliphatic heterocycles. The Bertz CT molecular complexity index is 275. The van der Waals surface area contributed by atoms with Crippen LogP contribution in [0.3, 0.4) is 0 Å². The van der Waals surface area contributed by atoms with Crippen molar-refractivity contribution in [2.75, 3.05) is 20.3 Å². The Morgan fingerprint density at radius 1 is 1.20 bits per heavy atom. The summed E-state index contributed by atoms with van der Waals surface area (Å²) in [6.45, 7) is 13.3. The Balaban J connectivity index is 4.20. The van der Waals surface area contributed by atoms with Gasteiger partial charge in [-0.1, -0.05) is 13.8 Å². The van der Waals surface area contributed by atoms with Crippen LogP contribution in [0, 0.1) is 5.92 Å². The molecule has 0 aliphatic carbocycles. The number of hydrogen-bond donors (Lipinski definition) is 2. The third-order valence-electron chi connectivity index (χ3n) is 2.95. The van der Waals surface area contributed by atoms with Crippen LogP contribution in [0.5, 0.6) is 0 Å². The minimum absolute atomic E-state index is 0.0508. The highest BCUT2D eigenvalue weighted by molar-refractivity contribution is 5.68. The van der Waals surface area contributed by atoms with E-state index < -0.39 is 5.60 Å². The molecule has 0 radical (unpaired) electrons. The van der Waals surface area contributed by atoms with Gasteiger partial charge in [0.1, 0.15) is 5.60 Å². The summed E-state index contributed by atoms with van der Waals surface area (Å²) >= 11 is 0. The van der Waals surface area contributed by atoms with E-state index in [2.05, 4.69) is 31.4 Å². The maximum atomic E-state index is 11.8. The third kappa shape index (κ3) is 10.0.